The number of nitrogens with one attached hydrogen (secondary N) is 3. The molecule has 0 fully saturated rings. The lowest BCUT2D eigenvalue weighted by molar-refractivity contribution is -0.138. The normalized spacial score (nSPS) is 13.1. The molecule has 0 radical (unpaired) electrons. The summed E-state index contributed by atoms with van der Waals surface area (Å²) >= 11 is 0. The number of aromatic amines is 1. The first-order valence-electron chi connectivity index (χ1n) is 9.65. The second-order valence-electron chi connectivity index (χ2n) is 7.15. The van der Waals surface area contributed by atoms with Crippen LogP contribution < -0.4 is 10.6 Å². The lowest BCUT2D eigenvalue weighted by Gasteiger charge is -2.14. The first-order chi connectivity index (χ1) is 14.9. The zero-order valence-electron chi connectivity index (χ0n) is 16.6. The summed E-state index contributed by atoms with van der Waals surface area (Å²) < 4.78 is 5.43. The number of carbonyl (C=O) groups excluding carboxylic acids is 2. The van der Waals surface area contributed by atoms with Crippen LogP contribution in [-0.4, -0.2) is 45.9 Å². The average molecular weight is 420 g/mol. The summed E-state index contributed by atoms with van der Waals surface area (Å²) in [6, 6.07) is 16.3. The van der Waals surface area contributed by atoms with Crippen LogP contribution in [0, 0.1) is 0 Å². The molecule has 2 aromatic carbocycles. The van der Waals surface area contributed by atoms with Crippen molar-refractivity contribution in [2.24, 2.45) is 0 Å². The summed E-state index contributed by atoms with van der Waals surface area (Å²) in [7, 11) is 0. The molecule has 0 saturated heterocycles. The van der Waals surface area contributed by atoms with Gasteiger partial charge in [-0.15, -0.1) is 0 Å². The molecule has 0 spiro atoms. The molecule has 0 bridgehead atoms. The SMILES string of the molecule is C[C@@H](NC(=O)c1cc(NC(=O)OCC2c3ccccc3-c3ccccc32)n[nH]1)C(=O)O. The van der Waals surface area contributed by atoms with Crippen LogP contribution in [0.2, 0.25) is 0 Å². The molecule has 1 aromatic heterocycles. The summed E-state index contributed by atoms with van der Waals surface area (Å²) in [6.45, 7) is 1.49. The van der Waals surface area contributed by atoms with E-state index in [4.69, 9.17) is 9.84 Å². The first-order valence-corrected chi connectivity index (χ1v) is 9.65. The number of nitrogens with zero attached hydrogens (tertiary/aromatic N) is 1. The number of rotatable bonds is 6. The van der Waals surface area contributed by atoms with Crippen molar-refractivity contribution in [1.82, 2.24) is 15.5 Å². The Morgan fingerprint density at radius 3 is 2.32 bits per heavy atom. The lowest BCUT2D eigenvalue weighted by Crippen LogP contribution is -2.38. The van der Waals surface area contributed by atoms with Crippen LogP contribution in [0.5, 0.6) is 0 Å². The Bertz CT molecular complexity index is 1110. The highest BCUT2D eigenvalue weighted by molar-refractivity contribution is 5.96. The molecular weight excluding hydrogens is 400 g/mol. The van der Waals surface area contributed by atoms with E-state index in [2.05, 4.69) is 33.0 Å². The molecule has 9 nitrogen and oxygen atoms in total. The van der Waals surface area contributed by atoms with Gasteiger partial charge >= 0.3 is 12.1 Å². The second kappa shape index (κ2) is 8.31. The van der Waals surface area contributed by atoms with E-state index < -0.39 is 24.0 Å². The number of anilines is 1. The monoisotopic (exact) mass is 420 g/mol. The van der Waals surface area contributed by atoms with E-state index in [1.165, 1.54) is 13.0 Å². The summed E-state index contributed by atoms with van der Waals surface area (Å²) in [4.78, 5) is 35.1. The van der Waals surface area contributed by atoms with Gasteiger partial charge in [0, 0.05) is 12.0 Å². The van der Waals surface area contributed by atoms with Gasteiger partial charge < -0.3 is 15.2 Å². The number of carboxylic acid groups (broad SMARTS) is 1. The van der Waals surface area contributed by atoms with Gasteiger partial charge in [-0.25, -0.2) is 4.79 Å². The van der Waals surface area contributed by atoms with Crippen LogP contribution in [0.15, 0.2) is 54.6 Å². The number of carboxylic acids is 1. The molecule has 0 unspecified atom stereocenters. The molecule has 1 atom stereocenters. The zero-order valence-corrected chi connectivity index (χ0v) is 16.6. The van der Waals surface area contributed by atoms with Gasteiger partial charge in [-0.1, -0.05) is 48.5 Å². The van der Waals surface area contributed by atoms with Crippen molar-refractivity contribution >= 4 is 23.8 Å². The minimum Gasteiger partial charge on any atom is -0.480 e. The maximum absolute atomic E-state index is 12.3. The fraction of sp³-hybridized carbons (Fsp3) is 0.182. The number of hydrogen-bond acceptors (Lipinski definition) is 5. The van der Waals surface area contributed by atoms with Gasteiger partial charge in [0.05, 0.1) is 0 Å². The van der Waals surface area contributed by atoms with E-state index in [0.29, 0.717) is 0 Å². The number of ether oxygens (including phenoxy) is 1. The molecule has 4 N–H and O–H groups in total. The molecular formula is C22H20N4O5. The minimum absolute atomic E-state index is 0.0158. The molecule has 9 heteroatoms. The molecule has 1 heterocycles. The average Bonchev–Trinajstić information content (AvgIpc) is 3.35. The molecule has 1 aliphatic rings. The zero-order chi connectivity index (χ0) is 22.0. The summed E-state index contributed by atoms with van der Waals surface area (Å²) in [5.74, 6) is -1.80. The second-order valence-corrected chi connectivity index (χ2v) is 7.15. The Morgan fingerprint density at radius 2 is 1.71 bits per heavy atom. The maximum Gasteiger partial charge on any atom is 0.412 e. The number of carbonyl (C=O) groups is 3. The van der Waals surface area contributed by atoms with Gasteiger partial charge in [-0.3, -0.25) is 20.0 Å². The van der Waals surface area contributed by atoms with Gasteiger partial charge in [0.1, 0.15) is 18.3 Å². The Balaban J connectivity index is 1.38. The highest BCUT2D eigenvalue weighted by Gasteiger charge is 2.29. The predicted molar refractivity (Wildman–Crippen MR) is 112 cm³/mol. The number of H-pyrrole nitrogens is 1. The third-order valence-corrected chi connectivity index (χ3v) is 5.11. The molecule has 3 aromatic rings. The third-order valence-electron chi connectivity index (χ3n) is 5.11. The highest BCUT2D eigenvalue weighted by atomic mass is 16.5. The Hall–Kier alpha value is -4.14. The van der Waals surface area contributed by atoms with Crippen LogP contribution in [0.25, 0.3) is 11.1 Å². The summed E-state index contributed by atoms with van der Waals surface area (Å²) in [5, 5.41) is 19.9. The van der Waals surface area contributed by atoms with E-state index in [1.54, 1.807) is 0 Å². The molecule has 31 heavy (non-hydrogen) atoms. The van der Waals surface area contributed by atoms with Gasteiger partial charge in [0.25, 0.3) is 5.91 Å². The Labute approximate surface area is 177 Å². The smallest absolute Gasteiger partial charge is 0.412 e. The quantitative estimate of drug-likeness (QED) is 0.484. The first kappa shape index (κ1) is 20.1. The van der Waals surface area contributed by atoms with E-state index in [1.807, 2.05) is 36.4 Å². The van der Waals surface area contributed by atoms with Gasteiger partial charge in [-0.2, -0.15) is 5.10 Å². The Kier molecular flexibility index (Phi) is 5.40. The number of amides is 2. The number of fused-ring (bicyclic) bond motifs is 3. The van der Waals surface area contributed by atoms with Crippen LogP contribution in [0.1, 0.15) is 34.5 Å². The molecule has 2 amide bonds. The molecule has 0 aliphatic heterocycles. The molecule has 4 rings (SSSR count). The summed E-state index contributed by atoms with van der Waals surface area (Å²) in [6.07, 6.45) is -0.709. The fourth-order valence-electron chi connectivity index (χ4n) is 3.58. The van der Waals surface area contributed by atoms with Crippen molar-refractivity contribution in [3.63, 3.8) is 0 Å². The number of hydrogen-bond donors (Lipinski definition) is 4. The van der Waals surface area contributed by atoms with Gasteiger partial charge in [0.15, 0.2) is 5.82 Å². The van der Waals surface area contributed by atoms with E-state index in [-0.39, 0.29) is 24.0 Å². The fourth-order valence-corrected chi connectivity index (χ4v) is 3.58. The van der Waals surface area contributed by atoms with Crippen LogP contribution in [-0.2, 0) is 9.53 Å². The molecule has 158 valence electrons. The largest absolute Gasteiger partial charge is 0.480 e. The minimum atomic E-state index is -1.16. The van der Waals surface area contributed by atoms with Crippen molar-refractivity contribution in [1.29, 1.82) is 0 Å². The van der Waals surface area contributed by atoms with E-state index in [0.717, 1.165) is 22.3 Å². The molecule has 0 saturated carbocycles. The van der Waals surface area contributed by atoms with Crippen LogP contribution in [0.4, 0.5) is 10.6 Å². The van der Waals surface area contributed by atoms with E-state index in [9.17, 15) is 14.4 Å². The predicted octanol–water partition coefficient (Wildman–Crippen LogP) is 2.97. The topological polar surface area (TPSA) is 133 Å². The summed E-state index contributed by atoms with van der Waals surface area (Å²) in [5.41, 5.74) is 4.48. The van der Waals surface area contributed by atoms with Crippen molar-refractivity contribution in [3.05, 3.63) is 71.4 Å². The van der Waals surface area contributed by atoms with Gasteiger partial charge in [-0.05, 0) is 29.2 Å². The van der Waals surface area contributed by atoms with Crippen molar-refractivity contribution < 1.29 is 24.2 Å². The highest BCUT2D eigenvalue weighted by Crippen LogP contribution is 2.44. The maximum atomic E-state index is 12.3. The third kappa shape index (κ3) is 4.11. The van der Waals surface area contributed by atoms with Crippen molar-refractivity contribution in [2.75, 3.05) is 11.9 Å². The Morgan fingerprint density at radius 1 is 1.10 bits per heavy atom. The number of aliphatic carboxylic acids is 1. The molecule has 1 aliphatic carbocycles. The van der Waals surface area contributed by atoms with Crippen molar-refractivity contribution in [2.45, 2.75) is 18.9 Å². The van der Waals surface area contributed by atoms with Crippen molar-refractivity contribution in [3.8, 4) is 11.1 Å². The standard InChI is InChI=1S/C22H20N4O5/c1-12(21(28)29)23-20(27)18-10-19(26-25-18)24-22(30)31-11-17-15-8-4-2-6-13(15)14-7-3-5-9-16(14)17/h2-10,12,17H,11H2,1H3,(H,23,27)(H,28,29)(H2,24,25,26,30)/t12-/m1/s1. The number of benzene rings is 2. The number of aromatic nitrogens is 2. The van der Waals surface area contributed by atoms with Crippen LogP contribution in [0.3, 0.4) is 0 Å². The van der Waals surface area contributed by atoms with Gasteiger partial charge in [0.2, 0.25) is 0 Å². The van der Waals surface area contributed by atoms with E-state index >= 15 is 0 Å². The van der Waals surface area contributed by atoms with Crippen LogP contribution >= 0.6 is 0 Å². The lowest BCUT2D eigenvalue weighted by atomic mass is 9.98.